The summed E-state index contributed by atoms with van der Waals surface area (Å²) in [7, 11) is -2.47. The number of carbonyl (C=O) groups is 1. The van der Waals surface area contributed by atoms with Crippen LogP contribution in [0.4, 0.5) is 0 Å². The van der Waals surface area contributed by atoms with Crippen molar-refractivity contribution in [3.8, 4) is 0 Å². The first kappa shape index (κ1) is 18.1. The highest BCUT2D eigenvalue weighted by Crippen LogP contribution is 2.32. The number of carbonyl (C=O) groups excluding carboxylic acids is 1. The third kappa shape index (κ3) is 3.78. The van der Waals surface area contributed by atoms with Crippen molar-refractivity contribution in [1.82, 2.24) is 4.31 Å². The van der Waals surface area contributed by atoms with E-state index in [4.69, 9.17) is 4.74 Å². The minimum Gasteiger partial charge on any atom is -0.465 e. The summed E-state index contributed by atoms with van der Waals surface area (Å²) >= 11 is 1.10. The smallest absolute Gasteiger partial charge is 0.349 e. The maximum atomic E-state index is 13.1. The maximum absolute atomic E-state index is 13.1. The molecule has 25 heavy (non-hydrogen) atoms. The van der Waals surface area contributed by atoms with Gasteiger partial charge in [0.1, 0.15) is 9.77 Å². The topological polar surface area (TPSA) is 63.7 Å². The van der Waals surface area contributed by atoms with Crippen LogP contribution in [0.25, 0.3) is 0 Å². The summed E-state index contributed by atoms with van der Waals surface area (Å²) in [5.74, 6) is -0.443. The van der Waals surface area contributed by atoms with Crippen LogP contribution in [0.5, 0.6) is 0 Å². The molecule has 0 amide bonds. The number of hydrogen-bond acceptors (Lipinski definition) is 5. The van der Waals surface area contributed by atoms with Crippen LogP contribution in [0, 0.1) is 0 Å². The van der Waals surface area contributed by atoms with Crippen LogP contribution in [0.3, 0.4) is 0 Å². The first-order valence-corrected chi connectivity index (χ1v) is 10.6. The fraction of sp³-hybridized carbons (Fsp3) is 0.389. The average molecular weight is 380 g/mol. The second kappa shape index (κ2) is 7.68. The summed E-state index contributed by atoms with van der Waals surface area (Å²) in [6.07, 6.45) is 2.77. The zero-order valence-corrected chi connectivity index (χ0v) is 15.7. The van der Waals surface area contributed by atoms with Crippen molar-refractivity contribution in [2.45, 2.75) is 30.1 Å². The molecule has 1 fully saturated rings. The summed E-state index contributed by atoms with van der Waals surface area (Å²) in [4.78, 5) is 12.1. The standard InChI is InChI=1S/C18H21NO4S2/c1-23-18(20)17-16(10-12-24-17)25(21,22)19-11-6-5-9-15(13-19)14-7-3-2-4-8-14/h2-4,7-8,10,12,15H,5-6,9,11,13H2,1H3. The number of sulfonamides is 1. The molecule has 5 nitrogen and oxygen atoms in total. The Kier molecular flexibility index (Phi) is 5.56. The van der Waals surface area contributed by atoms with Gasteiger partial charge in [0.15, 0.2) is 0 Å². The number of thiophene rings is 1. The van der Waals surface area contributed by atoms with Gasteiger partial charge in [0.25, 0.3) is 0 Å². The van der Waals surface area contributed by atoms with Crippen LogP contribution in [-0.2, 0) is 14.8 Å². The number of ether oxygens (including phenoxy) is 1. The van der Waals surface area contributed by atoms with E-state index in [2.05, 4.69) is 0 Å². The van der Waals surface area contributed by atoms with E-state index in [-0.39, 0.29) is 15.7 Å². The molecule has 0 saturated carbocycles. The van der Waals surface area contributed by atoms with Crippen molar-refractivity contribution >= 4 is 27.3 Å². The molecule has 2 aromatic rings. The van der Waals surface area contributed by atoms with Crippen molar-refractivity contribution in [1.29, 1.82) is 0 Å². The molecule has 1 aliphatic heterocycles. The van der Waals surface area contributed by atoms with Gasteiger partial charge in [0.2, 0.25) is 10.0 Å². The average Bonchev–Trinajstić information content (AvgIpc) is 3.00. The third-order valence-electron chi connectivity index (χ3n) is 4.52. The Morgan fingerprint density at radius 2 is 1.96 bits per heavy atom. The number of esters is 1. The van der Waals surface area contributed by atoms with Crippen LogP contribution >= 0.6 is 11.3 Å². The Labute approximate surface area is 152 Å². The van der Waals surface area contributed by atoms with Gasteiger partial charge in [0, 0.05) is 13.1 Å². The molecule has 1 aromatic heterocycles. The summed E-state index contributed by atoms with van der Waals surface area (Å²) in [6.45, 7) is 0.908. The molecule has 0 N–H and O–H groups in total. The molecule has 7 heteroatoms. The molecule has 1 aromatic carbocycles. The highest BCUT2D eigenvalue weighted by Gasteiger charge is 2.33. The molecule has 1 atom stereocenters. The highest BCUT2D eigenvalue weighted by atomic mass is 32.2. The molecule has 0 spiro atoms. The molecule has 1 aliphatic rings. The Morgan fingerprint density at radius 1 is 1.20 bits per heavy atom. The summed E-state index contributed by atoms with van der Waals surface area (Å²) < 4.78 is 32.5. The van der Waals surface area contributed by atoms with Crippen LogP contribution in [0.2, 0.25) is 0 Å². The predicted octanol–water partition coefficient (Wildman–Crippen LogP) is 3.49. The minimum absolute atomic E-state index is 0.0538. The lowest BCUT2D eigenvalue weighted by Crippen LogP contribution is -2.34. The molecule has 2 heterocycles. The van der Waals surface area contributed by atoms with E-state index < -0.39 is 16.0 Å². The van der Waals surface area contributed by atoms with E-state index in [0.717, 1.165) is 36.2 Å². The molecular weight excluding hydrogens is 358 g/mol. The molecule has 1 saturated heterocycles. The zero-order valence-electron chi connectivity index (χ0n) is 14.1. The van der Waals surface area contributed by atoms with Crippen molar-refractivity contribution in [3.63, 3.8) is 0 Å². The van der Waals surface area contributed by atoms with Crippen LogP contribution < -0.4 is 0 Å². The van der Waals surface area contributed by atoms with Gasteiger partial charge in [-0.2, -0.15) is 4.31 Å². The van der Waals surface area contributed by atoms with E-state index in [9.17, 15) is 13.2 Å². The monoisotopic (exact) mass is 379 g/mol. The Morgan fingerprint density at radius 3 is 2.68 bits per heavy atom. The van der Waals surface area contributed by atoms with Gasteiger partial charge in [-0.05, 0) is 35.8 Å². The van der Waals surface area contributed by atoms with Gasteiger partial charge in [-0.15, -0.1) is 11.3 Å². The molecule has 3 rings (SSSR count). The Hall–Kier alpha value is -1.70. The summed E-state index contributed by atoms with van der Waals surface area (Å²) in [6, 6.07) is 11.5. The Balaban J connectivity index is 1.91. The largest absolute Gasteiger partial charge is 0.465 e. The second-order valence-corrected chi connectivity index (χ2v) is 8.89. The first-order valence-electron chi connectivity index (χ1n) is 8.25. The number of benzene rings is 1. The second-order valence-electron chi connectivity index (χ2n) is 6.07. The van der Waals surface area contributed by atoms with Gasteiger partial charge in [-0.1, -0.05) is 36.8 Å². The Bertz CT molecular complexity index is 830. The summed E-state index contributed by atoms with van der Waals surface area (Å²) in [5.41, 5.74) is 1.16. The molecule has 0 aliphatic carbocycles. The lowest BCUT2D eigenvalue weighted by molar-refractivity contribution is 0.0602. The fourth-order valence-electron chi connectivity index (χ4n) is 3.20. The van der Waals surface area contributed by atoms with Crippen LogP contribution in [-0.4, -0.2) is 38.9 Å². The van der Waals surface area contributed by atoms with E-state index in [1.165, 1.54) is 17.5 Å². The highest BCUT2D eigenvalue weighted by molar-refractivity contribution is 7.89. The van der Waals surface area contributed by atoms with E-state index >= 15 is 0 Å². The SMILES string of the molecule is COC(=O)c1sccc1S(=O)(=O)N1CCCCC(c2ccccc2)C1. The van der Waals surface area contributed by atoms with Gasteiger partial charge in [-0.25, -0.2) is 13.2 Å². The van der Waals surface area contributed by atoms with Crippen LogP contribution in [0.15, 0.2) is 46.7 Å². The zero-order chi connectivity index (χ0) is 17.9. The number of nitrogens with zero attached hydrogens (tertiary/aromatic N) is 1. The number of methoxy groups -OCH3 is 1. The molecule has 0 radical (unpaired) electrons. The fourth-order valence-corrected chi connectivity index (χ4v) is 6.04. The van der Waals surface area contributed by atoms with Crippen molar-refractivity contribution in [2.75, 3.05) is 20.2 Å². The predicted molar refractivity (Wildman–Crippen MR) is 97.5 cm³/mol. The minimum atomic E-state index is -3.73. The lowest BCUT2D eigenvalue weighted by Gasteiger charge is -2.24. The quantitative estimate of drug-likeness (QED) is 0.763. The number of rotatable bonds is 4. The van der Waals surface area contributed by atoms with E-state index in [1.54, 1.807) is 5.38 Å². The molecule has 1 unspecified atom stereocenters. The van der Waals surface area contributed by atoms with Crippen LogP contribution in [0.1, 0.15) is 40.4 Å². The van der Waals surface area contributed by atoms with Gasteiger partial charge < -0.3 is 4.74 Å². The van der Waals surface area contributed by atoms with Gasteiger partial charge in [0.05, 0.1) is 7.11 Å². The van der Waals surface area contributed by atoms with Crippen molar-refractivity contribution in [3.05, 3.63) is 52.2 Å². The third-order valence-corrected chi connectivity index (χ3v) is 7.45. The molecule has 0 bridgehead atoms. The van der Waals surface area contributed by atoms with E-state index in [0.29, 0.717) is 13.1 Å². The van der Waals surface area contributed by atoms with E-state index in [1.807, 2.05) is 30.3 Å². The summed E-state index contributed by atoms with van der Waals surface area (Å²) in [5, 5.41) is 1.62. The molecular formula is C18H21NO4S2. The van der Waals surface area contributed by atoms with Gasteiger partial charge in [-0.3, -0.25) is 0 Å². The molecule has 134 valence electrons. The first-order chi connectivity index (χ1) is 12.0. The van der Waals surface area contributed by atoms with Gasteiger partial charge >= 0.3 is 5.97 Å². The van der Waals surface area contributed by atoms with Crippen molar-refractivity contribution < 1.29 is 17.9 Å². The lowest BCUT2D eigenvalue weighted by atomic mass is 9.95. The van der Waals surface area contributed by atoms with Crippen molar-refractivity contribution in [2.24, 2.45) is 0 Å². The maximum Gasteiger partial charge on any atom is 0.349 e. The normalized spacial score (nSPS) is 19.3. The number of hydrogen-bond donors (Lipinski definition) is 0.